The number of hydrogen-bond donors (Lipinski definition) is 2. The van der Waals surface area contributed by atoms with Crippen LogP contribution in [0.25, 0.3) is 0 Å². The van der Waals surface area contributed by atoms with E-state index in [1.165, 1.54) is 4.90 Å². The van der Waals surface area contributed by atoms with Gasteiger partial charge in [0, 0.05) is 43.6 Å². The van der Waals surface area contributed by atoms with E-state index in [4.69, 9.17) is 4.84 Å². The second-order valence-electron chi connectivity index (χ2n) is 12.6. The van der Waals surface area contributed by atoms with Gasteiger partial charge < -0.3 is 19.7 Å². The van der Waals surface area contributed by atoms with Crippen LogP contribution in [0.4, 0.5) is 13.2 Å². The van der Waals surface area contributed by atoms with Crippen LogP contribution in [0.15, 0.2) is 0 Å². The predicted octanol–water partition coefficient (Wildman–Crippen LogP) is 3.37. The molecule has 5 rings (SSSR count). The predicted molar refractivity (Wildman–Crippen MR) is 130 cm³/mol. The zero-order valence-electron chi connectivity index (χ0n) is 22.0. The molecular weight excluding hydrogens is 487 g/mol. The number of halogens is 3. The first-order valence-electron chi connectivity index (χ1n) is 14.2. The fourth-order valence-corrected chi connectivity index (χ4v) is 7.91. The second kappa shape index (κ2) is 10.6. The highest BCUT2D eigenvalue weighted by Gasteiger charge is 2.59. The molecule has 0 aromatic heterocycles. The number of β-amino-alcohol motifs (C(OH)–C–C–N with tert-alkyl or cyclic N) is 1. The number of carbonyl (C=O) groups excluding carboxylic acids is 2. The minimum atomic E-state index is -4.45. The number of nitrogens with one attached hydrogen (secondary N) is 1. The summed E-state index contributed by atoms with van der Waals surface area (Å²) in [5, 5.41) is 9.81. The maximum absolute atomic E-state index is 14.2. The number of aliphatic hydroxyl groups excluding tert-OH is 1. The molecule has 0 bridgehead atoms. The van der Waals surface area contributed by atoms with Crippen molar-refractivity contribution in [1.82, 2.24) is 15.3 Å². The number of alkyl halides is 3. The van der Waals surface area contributed by atoms with Gasteiger partial charge in [-0.2, -0.15) is 18.7 Å². The molecule has 3 aliphatic heterocycles. The van der Waals surface area contributed by atoms with E-state index in [2.05, 4.69) is 19.3 Å². The van der Waals surface area contributed by atoms with Gasteiger partial charge in [0.05, 0.1) is 18.6 Å². The van der Waals surface area contributed by atoms with Crippen molar-refractivity contribution in [3.05, 3.63) is 0 Å². The Labute approximate surface area is 217 Å². The summed E-state index contributed by atoms with van der Waals surface area (Å²) in [6.07, 6.45) is 0.0311. The molecule has 3 saturated heterocycles. The highest BCUT2D eigenvalue weighted by atomic mass is 19.4. The Kier molecular flexibility index (Phi) is 7.82. The minimum Gasteiger partial charge on any atom is -0.391 e. The molecule has 2 aliphatic carbocycles. The molecule has 10 atom stereocenters. The minimum absolute atomic E-state index is 0.0266. The van der Waals surface area contributed by atoms with E-state index in [0.29, 0.717) is 43.4 Å². The fourth-order valence-electron chi connectivity index (χ4n) is 7.91. The molecule has 2 N–H and O–H groups in total. The first-order valence-corrected chi connectivity index (χ1v) is 14.2. The average Bonchev–Trinajstić information content (AvgIpc) is 3.56. The van der Waals surface area contributed by atoms with E-state index in [1.807, 2.05) is 0 Å². The van der Waals surface area contributed by atoms with E-state index < -0.39 is 36.0 Å². The molecule has 37 heavy (non-hydrogen) atoms. The number of likely N-dealkylation sites (tertiary alicyclic amines) is 2. The van der Waals surface area contributed by atoms with E-state index >= 15 is 0 Å². The van der Waals surface area contributed by atoms with E-state index in [-0.39, 0.29) is 43.8 Å². The normalized spacial score (nSPS) is 41.8. The third kappa shape index (κ3) is 5.53. The Balaban J connectivity index is 1.27. The second-order valence-corrected chi connectivity index (χ2v) is 12.6. The SMILES string of the molecule is CC1CONC1C[C@@H](C)C1CCCC(N2CC3C(CC(C(=O)N4CC[C@H](O)C4)CC3C(F)(F)F)C2=O)C1. The molecule has 7 nitrogen and oxygen atoms in total. The van der Waals surface area contributed by atoms with E-state index in [9.17, 15) is 27.9 Å². The Morgan fingerprint density at radius 3 is 2.62 bits per heavy atom. The van der Waals surface area contributed by atoms with Crippen molar-refractivity contribution in [1.29, 1.82) is 0 Å². The van der Waals surface area contributed by atoms with Gasteiger partial charge in [0.15, 0.2) is 0 Å². The first-order chi connectivity index (χ1) is 17.5. The summed E-state index contributed by atoms with van der Waals surface area (Å²) < 4.78 is 42.7. The lowest BCUT2D eigenvalue weighted by Crippen LogP contribution is -2.46. The molecule has 0 aromatic carbocycles. The van der Waals surface area contributed by atoms with Crippen molar-refractivity contribution in [2.24, 2.45) is 41.4 Å². The lowest BCUT2D eigenvalue weighted by Gasteiger charge is -2.39. The lowest BCUT2D eigenvalue weighted by atomic mass is 9.68. The standard InChI is InChI=1S/C27H42F3N3O4/c1-15(8-24-16(2)14-37-31-24)17-4-3-5-19(9-17)33-13-22-21(26(33)36)10-18(11-23(22)27(28,29)30)25(35)32-7-6-20(34)12-32/h15-24,31,34H,3-14H2,1-2H3/t15-,16?,17?,18?,19?,20+,21?,22?,23?,24?/m1/s1. The molecular formula is C27H42F3N3O4. The highest BCUT2D eigenvalue weighted by Crippen LogP contribution is 2.51. The number of fused-ring (bicyclic) bond motifs is 1. The number of rotatable bonds is 5. The van der Waals surface area contributed by atoms with Gasteiger partial charge in [0.1, 0.15) is 0 Å². The monoisotopic (exact) mass is 529 g/mol. The van der Waals surface area contributed by atoms with Crippen LogP contribution < -0.4 is 5.48 Å². The van der Waals surface area contributed by atoms with E-state index in [1.54, 1.807) is 4.90 Å². The zero-order valence-corrected chi connectivity index (χ0v) is 22.0. The van der Waals surface area contributed by atoms with Gasteiger partial charge >= 0.3 is 6.18 Å². The number of hydrogen-bond acceptors (Lipinski definition) is 5. The van der Waals surface area contributed by atoms with Crippen molar-refractivity contribution in [2.45, 2.75) is 89.6 Å². The summed E-state index contributed by atoms with van der Waals surface area (Å²) >= 11 is 0. The summed E-state index contributed by atoms with van der Waals surface area (Å²) in [5.74, 6) is -3.19. The topological polar surface area (TPSA) is 82.1 Å². The quantitative estimate of drug-likeness (QED) is 0.571. The Morgan fingerprint density at radius 2 is 1.97 bits per heavy atom. The van der Waals surface area contributed by atoms with Crippen molar-refractivity contribution in [3.8, 4) is 0 Å². The highest BCUT2D eigenvalue weighted by molar-refractivity contribution is 5.85. The number of hydroxylamine groups is 1. The molecule has 10 heteroatoms. The van der Waals surface area contributed by atoms with Gasteiger partial charge in [0.25, 0.3) is 0 Å². The van der Waals surface area contributed by atoms with Gasteiger partial charge in [-0.05, 0) is 62.2 Å². The lowest BCUT2D eigenvalue weighted by molar-refractivity contribution is -0.204. The Bertz CT molecular complexity index is 857. The molecule has 2 saturated carbocycles. The molecule has 210 valence electrons. The molecule has 2 amide bonds. The van der Waals surface area contributed by atoms with Crippen LogP contribution >= 0.6 is 0 Å². The zero-order chi connectivity index (χ0) is 26.5. The molecule has 0 radical (unpaired) electrons. The van der Waals surface area contributed by atoms with Gasteiger partial charge in [0.2, 0.25) is 11.8 Å². The van der Waals surface area contributed by atoms with Crippen LogP contribution in [0.1, 0.15) is 65.2 Å². The van der Waals surface area contributed by atoms with Gasteiger partial charge in [-0.15, -0.1) is 0 Å². The smallest absolute Gasteiger partial charge is 0.391 e. The van der Waals surface area contributed by atoms with Crippen molar-refractivity contribution >= 4 is 11.8 Å². The number of aliphatic hydroxyl groups is 1. The third-order valence-corrected chi connectivity index (χ3v) is 10.2. The number of amides is 2. The first kappa shape index (κ1) is 27.2. The van der Waals surface area contributed by atoms with Crippen LogP contribution in [-0.4, -0.2) is 77.3 Å². The van der Waals surface area contributed by atoms with Crippen LogP contribution in [0.2, 0.25) is 0 Å². The van der Waals surface area contributed by atoms with Gasteiger partial charge in [-0.25, -0.2) is 0 Å². The van der Waals surface area contributed by atoms with E-state index in [0.717, 1.165) is 32.1 Å². The van der Waals surface area contributed by atoms with Crippen LogP contribution in [0.5, 0.6) is 0 Å². The molecule has 3 heterocycles. The third-order valence-electron chi connectivity index (χ3n) is 10.2. The summed E-state index contributed by atoms with van der Waals surface area (Å²) in [4.78, 5) is 35.3. The Morgan fingerprint density at radius 1 is 1.19 bits per heavy atom. The average molecular weight is 530 g/mol. The fraction of sp³-hybridized carbons (Fsp3) is 0.926. The van der Waals surface area contributed by atoms with Gasteiger partial charge in [-0.1, -0.05) is 26.7 Å². The molecule has 8 unspecified atom stereocenters. The maximum atomic E-state index is 14.2. The molecule has 5 aliphatic rings. The van der Waals surface area contributed by atoms with Crippen LogP contribution in [0, 0.1) is 41.4 Å². The van der Waals surface area contributed by atoms with Crippen LogP contribution in [0.3, 0.4) is 0 Å². The summed E-state index contributed by atoms with van der Waals surface area (Å²) in [5.41, 5.74) is 3.12. The summed E-state index contributed by atoms with van der Waals surface area (Å²) in [6, 6.07) is 0.284. The Hall–Kier alpha value is -1.39. The molecule has 0 spiro atoms. The van der Waals surface area contributed by atoms with Crippen molar-refractivity contribution in [3.63, 3.8) is 0 Å². The molecule has 5 fully saturated rings. The molecule has 0 aromatic rings. The van der Waals surface area contributed by atoms with Crippen LogP contribution in [-0.2, 0) is 14.4 Å². The number of carbonyl (C=O) groups is 2. The summed E-state index contributed by atoms with van der Waals surface area (Å²) in [7, 11) is 0. The summed E-state index contributed by atoms with van der Waals surface area (Å²) in [6.45, 7) is 5.81. The van der Waals surface area contributed by atoms with Crippen molar-refractivity contribution < 1.29 is 32.7 Å². The largest absolute Gasteiger partial charge is 0.392 e. The van der Waals surface area contributed by atoms with Gasteiger partial charge in [-0.3, -0.25) is 9.59 Å². The van der Waals surface area contributed by atoms with Crippen molar-refractivity contribution in [2.75, 3.05) is 26.2 Å². The maximum Gasteiger partial charge on any atom is 0.392 e. The number of nitrogens with zero attached hydrogens (tertiary/aromatic N) is 2.